The van der Waals surface area contributed by atoms with E-state index in [0.717, 1.165) is 60.4 Å². The van der Waals surface area contributed by atoms with E-state index in [4.69, 9.17) is 10.7 Å². The van der Waals surface area contributed by atoms with Crippen LogP contribution in [0, 0.1) is 0 Å². The topological polar surface area (TPSA) is 51.3 Å². The van der Waals surface area contributed by atoms with Gasteiger partial charge in [-0.15, -0.1) is 0 Å². The number of hydrogen-bond donors (Lipinski definition) is 1. The number of nitrogen functional groups attached to an aromatic ring is 1. The Labute approximate surface area is 132 Å². The predicted molar refractivity (Wildman–Crippen MR) is 93.0 cm³/mol. The normalized spacial score (nSPS) is 15.8. The summed E-state index contributed by atoms with van der Waals surface area (Å²) in [6, 6.07) is 8.29. The molecule has 3 rings (SSSR count). The average molecular weight is 293 g/mol. The molecule has 0 bridgehead atoms. The number of aromatic nitrogens is 1. The molecule has 3 nitrogen and oxygen atoms in total. The molecule has 0 atom stereocenters. The SMILES string of the molecule is CCc1ccc(N)c(CC)c1N=C1CCCc2cccnc21. The number of hydrogen-bond acceptors (Lipinski definition) is 3. The van der Waals surface area contributed by atoms with Crippen LogP contribution in [0.2, 0.25) is 0 Å². The van der Waals surface area contributed by atoms with Crippen LogP contribution in [0.25, 0.3) is 0 Å². The second-order valence-electron chi connectivity index (χ2n) is 5.77. The number of aliphatic imine (C=N–C) groups is 1. The van der Waals surface area contributed by atoms with Gasteiger partial charge in [0.2, 0.25) is 0 Å². The third-order valence-corrected chi connectivity index (χ3v) is 4.41. The molecule has 0 aliphatic heterocycles. The van der Waals surface area contributed by atoms with Crippen molar-refractivity contribution in [2.75, 3.05) is 5.73 Å². The number of nitrogens with zero attached hydrogens (tertiary/aromatic N) is 2. The van der Waals surface area contributed by atoms with Crippen LogP contribution in [0.15, 0.2) is 35.5 Å². The van der Waals surface area contributed by atoms with Crippen molar-refractivity contribution in [2.24, 2.45) is 4.99 Å². The van der Waals surface area contributed by atoms with E-state index in [-0.39, 0.29) is 0 Å². The van der Waals surface area contributed by atoms with Gasteiger partial charge in [0.15, 0.2) is 0 Å². The van der Waals surface area contributed by atoms with Crippen molar-refractivity contribution in [1.82, 2.24) is 4.98 Å². The van der Waals surface area contributed by atoms with Crippen molar-refractivity contribution in [1.29, 1.82) is 0 Å². The fraction of sp³-hybridized carbons (Fsp3) is 0.368. The monoisotopic (exact) mass is 293 g/mol. The second-order valence-corrected chi connectivity index (χ2v) is 5.77. The highest BCUT2D eigenvalue weighted by molar-refractivity contribution is 6.02. The molecule has 0 unspecified atom stereocenters. The first-order valence-electron chi connectivity index (χ1n) is 8.16. The van der Waals surface area contributed by atoms with Crippen LogP contribution in [0.5, 0.6) is 0 Å². The lowest BCUT2D eigenvalue weighted by Crippen LogP contribution is -2.14. The van der Waals surface area contributed by atoms with Gasteiger partial charge in [0.1, 0.15) is 0 Å². The van der Waals surface area contributed by atoms with Gasteiger partial charge in [0.05, 0.1) is 17.1 Å². The second kappa shape index (κ2) is 6.30. The Morgan fingerprint density at radius 2 is 2.00 bits per heavy atom. The standard InChI is InChI=1S/C19H23N3/c1-3-13-10-11-16(20)15(4-2)18(13)22-17-9-5-7-14-8-6-12-21-19(14)17/h6,8,10-12H,3-5,7,9,20H2,1-2H3. The Morgan fingerprint density at radius 3 is 2.77 bits per heavy atom. The largest absolute Gasteiger partial charge is 0.398 e. The summed E-state index contributed by atoms with van der Waals surface area (Å²) in [5, 5.41) is 0. The van der Waals surface area contributed by atoms with Crippen molar-refractivity contribution >= 4 is 17.1 Å². The zero-order valence-corrected chi connectivity index (χ0v) is 13.4. The third kappa shape index (κ3) is 2.63. The summed E-state index contributed by atoms with van der Waals surface area (Å²) in [5.41, 5.74) is 14.0. The molecule has 0 radical (unpaired) electrons. The lowest BCUT2D eigenvalue weighted by Gasteiger charge is -2.18. The van der Waals surface area contributed by atoms with Gasteiger partial charge in [0.25, 0.3) is 0 Å². The zero-order chi connectivity index (χ0) is 15.5. The molecular weight excluding hydrogens is 270 g/mol. The lowest BCUT2D eigenvalue weighted by molar-refractivity contribution is 0.826. The molecule has 0 fully saturated rings. The summed E-state index contributed by atoms with van der Waals surface area (Å²) in [7, 11) is 0. The molecule has 0 amide bonds. The molecule has 0 spiro atoms. The van der Waals surface area contributed by atoms with E-state index in [1.54, 1.807) is 0 Å². The van der Waals surface area contributed by atoms with Crippen LogP contribution in [0.4, 0.5) is 11.4 Å². The van der Waals surface area contributed by atoms with E-state index in [1.165, 1.54) is 11.1 Å². The van der Waals surface area contributed by atoms with Gasteiger partial charge in [-0.25, -0.2) is 0 Å². The summed E-state index contributed by atoms with van der Waals surface area (Å²) in [5.74, 6) is 0. The molecule has 0 saturated carbocycles. The molecule has 1 heterocycles. The molecule has 22 heavy (non-hydrogen) atoms. The Morgan fingerprint density at radius 1 is 1.14 bits per heavy atom. The molecule has 2 N–H and O–H groups in total. The van der Waals surface area contributed by atoms with Gasteiger partial charge in [0, 0.05) is 17.4 Å². The van der Waals surface area contributed by atoms with Crippen molar-refractivity contribution < 1.29 is 0 Å². The summed E-state index contributed by atoms with van der Waals surface area (Å²) in [4.78, 5) is 9.60. The summed E-state index contributed by atoms with van der Waals surface area (Å²) in [6.07, 6.45) is 6.96. The number of aryl methyl sites for hydroxylation is 2. The first kappa shape index (κ1) is 14.8. The summed E-state index contributed by atoms with van der Waals surface area (Å²) >= 11 is 0. The number of anilines is 1. The van der Waals surface area contributed by atoms with Gasteiger partial charge < -0.3 is 5.73 Å². The van der Waals surface area contributed by atoms with E-state index in [9.17, 15) is 0 Å². The quantitative estimate of drug-likeness (QED) is 0.860. The van der Waals surface area contributed by atoms with Crippen LogP contribution < -0.4 is 5.73 Å². The fourth-order valence-electron chi connectivity index (χ4n) is 3.21. The molecule has 2 aromatic rings. The molecule has 114 valence electrons. The maximum Gasteiger partial charge on any atom is 0.0876 e. The number of pyridine rings is 1. The van der Waals surface area contributed by atoms with E-state index in [1.807, 2.05) is 18.3 Å². The third-order valence-electron chi connectivity index (χ3n) is 4.41. The van der Waals surface area contributed by atoms with E-state index in [2.05, 4.69) is 31.0 Å². The van der Waals surface area contributed by atoms with Crippen LogP contribution in [0.1, 0.15) is 49.1 Å². The maximum absolute atomic E-state index is 6.17. The molecular formula is C19H23N3. The van der Waals surface area contributed by atoms with Gasteiger partial charge in [-0.1, -0.05) is 26.0 Å². The molecule has 3 heteroatoms. The summed E-state index contributed by atoms with van der Waals surface area (Å²) in [6.45, 7) is 4.31. The van der Waals surface area contributed by atoms with Crippen LogP contribution >= 0.6 is 0 Å². The highest BCUT2D eigenvalue weighted by Crippen LogP contribution is 2.32. The smallest absolute Gasteiger partial charge is 0.0876 e. The van der Waals surface area contributed by atoms with Crippen molar-refractivity contribution in [3.05, 3.63) is 52.8 Å². The van der Waals surface area contributed by atoms with Gasteiger partial charge in [-0.2, -0.15) is 0 Å². The van der Waals surface area contributed by atoms with Crippen molar-refractivity contribution in [3.63, 3.8) is 0 Å². The molecule has 0 saturated heterocycles. The minimum Gasteiger partial charge on any atom is -0.398 e. The van der Waals surface area contributed by atoms with Crippen molar-refractivity contribution in [2.45, 2.75) is 46.0 Å². The van der Waals surface area contributed by atoms with Crippen molar-refractivity contribution in [3.8, 4) is 0 Å². The minimum absolute atomic E-state index is 0.844. The highest BCUT2D eigenvalue weighted by atomic mass is 14.8. The molecule has 1 aliphatic carbocycles. The molecule has 1 aromatic carbocycles. The Kier molecular flexibility index (Phi) is 4.23. The predicted octanol–water partition coefficient (Wildman–Crippen LogP) is 4.25. The maximum atomic E-state index is 6.17. The molecule has 1 aromatic heterocycles. The first-order valence-corrected chi connectivity index (χ1v) is 8.16. The van der Waals surface area contributed by atoms with Gasteiger partial charge in [-0.3, -0.25) is 9.98 Å². The average Bonchev–Trinajstić information content (AvgIpc) is 2.56. The van der Waals surface area contributed by atoms with Gasteiger partial charge >= 0.3 is 0 Å². The Balaban J connectivity index is 2.16. The number of nitrogens with two attached hydrogens (primary N) is 1. The van der Waals surface area contributed by atoms with Crippen LogP contribution in [0.3, 0.4) is 0 Å². The zero-order valence-electron chi connectivity index (χ0n) is 13.4. The number of benzene rings is 1. The Bertz CT molecular complexity index is 717. The van der Waals surface area contributed by atoms with E-state index < -0.39 is 0 Å². The number of fused-ring (bicyclic) bond motifs is 1. The first-order chi connectivity index (χ1) is 10.7. The fourth-order valence-corrected chi connectivity index (χ4v) is 3.21. The highest BCUT2D eigenvalue weighted by Gasteiger charge is 2.18. The minimum atomic E-state index is 0.844. The Hall–Kier alpha value is -2.16. The lowest BCUT2D eigenvalue weighted by atomic mass is 9.93. The van der Waals surface area contributed by atoms with Crippen LogP contribution in [-0.2, 0) is 19.3 Å². The van der Waals surface area contributed by atoms with E-state index >= 15 is 0 Å². The molecule has 1 aliphatic rings. The number of rotatable bonds is 3. The van der Waals surface area contributed by atoms with Gasteiger partial charge in [-0.05, 0) is 55.4 Å². The van der Waals surface area contributed by atoms with Crippen LogP contribution in [-0.4, -0.2) is 10.7 Å². The summed E-state index contributed by atoms with van der Waals surface area (Å²) < 4.78 is 0. The van der Waals surface area contributed by atoms with E-state index in [0.29, 0.717) is 0 Å².